The van der Waals surface area contributed by atoms with E-state index in [4.69, 9.17) is 0 Å². The van der Waals surface area contributed by atoms with E-state index >= 15 is 0 Å². The Kier molecular flexibility index (Phi) is 2.12. The van der Waals surface area contributed by atoms with Crippen LogP contribution in [0.25, 0.3) is 0 Å². The summed E-state index contributed by atoms with van der Waals surface area (Å²) < 4.78 is 18.5. The Balaban J connectivity index is 3.22. The smallest absolute Gasteiger partial charge is 0.344 e. The van der Waals surface area contributed by atoms with Crippen molar-refractivity contribution in [1.82, 2.24) is 9.78 Å². The summed E-state index contributed by atoms with van der Waals surface area (Å²) in [6, 6.07) is 0. The van der Waals surface area contributed by atoms with Crippen molar-refractivity contribution in [3.63, 3.8) is 0 Å². The van der Waals surface area contributed by atoms with Crippen LogP contribution in [-0.2, 0) is 11.8 Å². The van der Waals surface area contributed by atoms with Crippen LogP contribution in [0.15, 0.2) is 0 Å². The lowest BCUT2D eigenvalue weighted by atomic mass is 10.2. The number of halogens is 1. The summed E-state index contributed by atoms with van der Waals surface area (Å²) in [7, 11) is 2.76. The summed E-state index contributed by atoms with van der Waals surface area (Å²) in [6.45, 7) is 1.60. The van der Waals surface area contributed by atoms with Crippen molar-refractivity contribution < 1.29 is 13.9 Å². The number of hydrogen-bond donors (Lipinski definition) is 0. The molecule has 1 rings (SSSR count). The number of carbonyl (C=O) groups excluding carboxylic acids is 1. The Morgan fingerprint density at radius 2 is 2.25 bits per heavy atom. The van der Waals surface area contributed by atoms with Crippen LogP contribution in [0, 0.1) is 12.9 Å². The van der Waals surface area contributed by atoms with Crippen molar-refractivity contribution >= 4 is 5.97 Å². The molecule has 0 unspecified atom stereocenters. The Labute approximate surface area is 68.9 Å². The molecule has 0 aromatic carbocycles. The van der Waals surface area contributed by atoms with Gasteiger partial charge in [-0.1, -0.05) is 0 Å². The summed E-state index contributed by atoms with van der Waals surface area (Å²) in [5.41, 5.74) is 0.361. The van der Waals surface area contributed by atoms with Gasteiger partial charge in [0.15, 0.2) is 0 Å². The van der Waals surface area contributed by atoms with Gasteiger partial charge in [-0.25, -0.2) is 4.79 Å². The first-order valence-corrected chi connectivity index (χ1v) is 3.35. The van der Waals surface area contributed by atoms with Gasteiger partial charge >= 0.3 is 5.97 Å². The van der Waals surface area contributed by atoms with Gasteiger partial charge < -0.3 is 4.74 Å². The molecule has 0 amide bonds. The number of hydrogen-bond acceptors (Lipinski definition) is 3. The lowest BCUT2D eigenvalue weighted by Crippen LogP contribution is -2.04. The minimum Gasteiger partial charge on any atom is -0.465 e. The molecule has 0 fully saturated rings. The summed E-state index contributed by atoms with van der Waals surface area (Å²) in [6.07, 6.45) is 0. The number of aromatic nitrogens is 2. The van der Waals surface area contributed by atoms with Crippen LogP contribution in [0.4, 0.5) is 4.39 Å². The molecule has 0 saturated carbocycles. The van der Waals surface area contributed by atoms with Crippen LogP contribution in [-0.4, -0.2) is 22.9 Å². The van der Waals surface area contributed by atoms with Crippen LogP contribution < -0.4 is 0 Å². The molecule has 1 aromatic rings. The fourth-order valence-electron chi connectivity index (χ4n) is 0.902. The summed E-state index contributed by atoms with van der Waals surface area (Å²) in [4.78, 5) is 11.0. The van der Waals surface area contributed by atoms with Gasteiger partial charge in [0, 0.05) is 7.05 Å². The van der Waals surface area contributed by atoms with Crippen molar-refractivity contribution in [2.45, 2.75) is 6.92 Å². The van der Waals surface area contributed by atoms with Gasteiger partial charge in [-0.2, -0.15) is 4.39 Å². The van der Waals surface area contributed by atoms with Crippen molar-refractivity contribution in [2.24, 2.45) is 7.05 Å². The number of methoxy groups -OCH3 is 1. The van der Waals surface area contributed by atoms with Gasteiger partial charge in [0.25, 0.3) is 0 Å². The molecule has 66 valence electrons. The van der Waals surface area contributed by atoms with E-state index in [2.05, 4.69) is 9.84 Å². The van der Waals surface area contributed by atoms with Crippen LogP contribution in [0.3, 0.4) is 0 Å². The summed E-state index contributed by atoms with van der Waals surface area (Å²) in [5.74, 6) is -1.49. The molecular formula is C7H9FN2O2. The van der Waals surface area contributed by atoms with Gasteiger partial charge in [0.05, 0.1) is 12.8 Å². The quantitative estimate of drug-likeness (QED) is 0.584. The lowest BCUT2D eigenvalue weighted by molar-refractivity contribution is 0.0594. The number of nitrogens with zero attached hydrogens (tertiary/aromatic N) is 2. The molecule has 0 aliphatic heterocycles. The Hall–Kier alpha value is -1.39. The normalized spacial score (nSPS) is 10.0. The minimum absolute atomic E-state index is 0.0972. The monoisotopic (exact) mass is 172 g/mol. The maximum absolute atomic E-state index is 12.9. The van der Waals surface area contributed by atoms with Gasteiger partial charge in [-0.15, -0.1) is 5.10 Å². The zero-order valence-corrected chi connectivity index (χ0v) is 7.09. The van der Waals surface area contributed by atoms with Crippen molar-refractivity contribution in [3.05, 3.63) is 17.2 Å². The number of rotatable bonds is 1. The van der Waals surface area contributed by atoms with E-state index in [1.807, 2.05) is 0 Å². The standard InChI is InChI=1S/C7H9FN2O2/c1-4-5(7(11)12-3)6(8)9-10(4)2/h1-3H3. The highest BCUT2D eigenvalue weighted by atomic mass is 19.1. The fraction of sp³-hybridized carbons (Fsp3) is 0.429. The predicted octanol–water partition coefficient (Wildman–Crippen LogP) is 0.654. The Bertz CT molecular complexity index is 319. The molecule has 0 radical (unpaired) electrons. The van der Waals surface area contributed by atoms with Crippen molar-refractivity contribution in [2.75, 3.05) is 7.11 Å². The average Bonchev–Trinajstić information content (AvgIpc) is 2.26. The summed E-state index contributed by atoms with van der Waals surface area (Å²) in [5, 5.41) is 3.43. The summed E-state index contributed by atoms with van der Waals surface area (Å²) >= 11 is 0. The third-order valence-electron chi connectivity index (χ3n) is 1.68. The topological polar surface area (TPSA) is 44.1 Å². The third-order valence-corrected chi connectivity index (χ3v) is 1.68. The van der Waals surface area contributed by atoms with Crippen LogP contribution >= 0.6 is 0 Å². The molecular weight excluding hydrogens is 163 g/mol. The van der Waals surface area contributed by atoms with Crippen molar-refractivity contribution in [1.29, 1.82) is 0 Å². The zero-order valence-electron chi connectivity index (χ0n) is 7.09. The second-order valence-corrected chi connectivity index (χ2v) is 2.37. The van der Waals surface area contributed by atoms with E-state index < -0.39 is 11.9 Å². The van der Waals surface area contributed by atoms with Gasteiger partial charge in [0.2, 0.25) is 5.95 Å². The second-order valence-electron chi connectivity index (χ2n) is 2.37. The van der Waals surface area contributed by atoms with Crippen LogP contribution in [0.5, 0.6) is 0 Å². The molecule has 0 bridgehead atoms. The highest BCUT2D eigenvalue weighted by molar-refractivity contribution is 5.90. The Morgan fingerprint density at radius 1 is 1.67 bits per heavy atom. The van der Waals surface area contributed by atoms with Gasteiger partial charge in [-0.05, 0) is 6.92 Å². The van der Waals surface area contributed by atoms with E-state index in [0.717, 1.165) is 0 Å². The molecule has 0 aliphatic rings. The van der Waals surface area contributed by atoms with E-state index in [-0.39, 0.29) is 5.56 Å². The van der Waals surface area contributed by atoms with E-state index in [1.165, 1.54) is 11.8 Å². The highest BCUT2D eigenvalue weighted by Gasteiger charge is 2.20. The molecule has 5 heteroatoms. The molecule has 0 atom stereocenters. The fourth-order valence-corrected chi connectivity index (χ4v) is 0.902. The minimum atomic E-state index is -0.790. The molecule has 1 aromatic heterocycles. The average molecular weight is 172 g/mol. The van der Waals surface area contributed by atoms with E-state index in [9.17, 15) is 9.18 Å². The maximum Gasteiger partial charge on any atom is 0.344 e. The molecule has 4 nitrogen and oxygen atoms in total. The van der Waals surface area contributed by atoms with Gasteiger partial charge in [-0.3, -0.25) is 4.68 Å². The molecule has 0 aliphatic carbocycles. The number of esters is 1. The lowest BCUT2D eigenvalue weighted by Gasteiger charge is -1.96. The molecule has 0 saturated heterocycles. The Morgan fingerprint density at radius 3 is 2.58 bits per heavy atom. The maximum atomic E-state index is 12.9. The number of ether oxygens (including phenoxy) is 1. The first kappa shape index (κ1) is 8.70. The SMILES string of the molecule is COC(=O)c1c(F)nn(C)c1C. The molecule has 0 spiro atoms. The highest BCUT2D eigenvalue weighted by Crippen LogP contribution is 2.11. The molecule has 0 N–H and O–H groups in total. The second kappa shape index (κ2) is 2.92. The number of carbonyl (C=O) groups is 1. The first-order chi connectivity index (χ1) is 5.57. The van der Waals surface area contributed by atoms with Crippen molar-refractivity contribution in [3.8, 4) is 0 Å². The molecule has 12 heavy (non-hydrogen) atoms. The van der Waals surface area contributed by atoms with E-state index in [0.29, 0.717) is 5.69 Å². The van der Waals surface area contributed by atoms with Crippen LogP contribution in [0.2, 0.25) is 0 Å². The van der Waals surface area contributed by atoms with E-state index in [1.54, 1.807) is 14.0 Å². The zero-order chi connectivity index (χ0) is 9.30. The van der Waals surface area contributed by atoms with Crippen LogP contribution in [0.1, 0.15) is 16.1 Å². The number of aryl methyl sites for hydroxylation is 1. The molecule has 1 heterocycles. The van der Waals surface area contributed by atoms with Gasteiger partial charge in [0.1, 0.15) is 5.56 Å². The first-order valence-electron chi connectivity index (χ1n) is 3.35. The third kappa shape index (κ3) is 1.17. The largest absolute Gasteiger partial charge is 0.465 e. The predicted molar refractivity (Wildman–Crippen MR) is 39.2 cm³/mol.